The van der Waals surface area contributed by atoms with Gasteiger partial charge in [-0.1, -0.05) is 35.1 Å². The van der Waals surface area contributed by atoms with Gasteiger partial charge < -0.3 is 9.80 Å². The number of carbonyl (C=O) groups excluding carboxylic acids is 1. The van der Waals surface area contributed by atoms with Gasteiger partial charge in [-0.3, -0.25) is 4.79 Å². The molecule has 0 bridgehead atoms. The first-order valence-electron chi connectivity index (χ1n) is 8.91. The Balaban J connectivity index is 1.45. The lowest BCUT2D eigenvalue weighted by molar-refractivity contribution is -0.132. The minimum atomic E-state index is -0.0746. The van der Waals surface area contributed by atoms with Crippen molar-refractivity contribution in [1.29, 1.82) is 0 Å². The van der Waals surface area contributed by atoms with E-state index in [1.165, 1.54) is 0 Å². The second kappa shape index (κ2) is 8.15. The molecule has 5 nitrogen and oxygen atoms in total. The molecule has 0 saturated carbocycles. The summed E-state index contributed by atoms with van der Waals surface area (Å²) in [6.07, 6.45) is 2.68. The van der Waals surface area contributed by atoms with Gasteiger partial charge in [-0.2, -0.15) is 11.8 Å². The summed E-state index contributed by atoms with van der Waals surface area (Å²) in [6.45, 7) is 2.62. The Morgan fingerprint density at radius 2 is 1.92 bits per heavy atom. The minimum Gasteiger partial charge on any atom is -0.339 e. The Hall–Kier alpha value is -1.31. The number of aromatic nitrogens is 2. The van der Waals surface area contributed by atoms with Crippen molar-refractivity contribution < 1.29 is 4.79 Å². The Bertz CT molecular complexity index is 761. The summed E-state index contributed by atoms with van der Waals surface area (Å²) in [5, 5.41) is 11.3. The second-order valence-electron chi connectivity index (χ2n) is 6.57. The molecule has 0 radical (unpaired) electrons. The number of hydrogen-bond acceptors (Lipinski definition) is 6. The van der Waals surface area contributed by atoms with Crippen LogP contribution in [0.4, 0.5) is 5.13 Å². The largest absolute Gasteiger partial charge is 0.339 e. The van der Waals surface area contributed by atoms with E-state index in [2.05, 4.69) is 15.1 Å². The van der Waals surface area contributed by atoms with E-state index in [1.807, 2.05) is 40.9 Å². The molecule has 2 aliphatic heterocycles. The molecular weight excluding hydrogens is 388 g/mol. The molecule has 26 heavy (non-hydrogen) atoms. The zero-order valence-corrected chi connectivity index (χ0v) is 16.8. The summed E-state index contributed by atoms with van der Waals surface area (Å²) in [7, 11) is 0. The van der Waals surface area contributed by atoms with E-state index in [1.54, 1.807) is 11.3 Å². The number of hydrogen-bond donors (Lipinski definition) is 0. The van der Waals surface area contributed by atoms with Gasteiger partial charge >= 0.3 is 0 Å². The summed E-state index contributed by atoms with van der Waals surface area (Å²) in [4.78, 5) is 17.1. The summed E-state index contributed by atoms with van der Waals surface area (Å²) in [6, 6.07) is 7.74. The van der Waals surface area contributed by atoms with Gasteiger partial charge in [0.1, 0.15) is 11.0 Å². The molecule has 2 fully saturated rings. The van der Waals surface area contributed by atoms with Crippen molar-refractivity contribution in [3.8, 4) is 0 Å². The molecule has 1 amide bonds. The average molecular weight is 409 g/mol. The molecule has 0 aliphatic carbocycles. The van der Waals surface area contributed by atoms with E-state index >= 15 is 0 Å². The van der Waals surface area contributed by atoms with Crippen LogP contribution < -0.4 is 4.90 Å². The van der Waals surface area contributed by atoms with Crippen molar-refractivity contribution in [2.75, 3.05) is 36.0 Å². The van der Waals surface area contributed by atoms with E-state index in [-0.39, 0.29) is 11.9 Å². The number of halogens is 1. The van der Waals surface area contributed by atoms with Crippen molar-refractivity contribution in [2.45, 2.75) is 25.3 Å². The van der Waals surface area contributed by atoms with Crippen LogP contribution in [0.1, 0.15) is 23.4 Å². The fraction of sp³-hybridized carbons (Fsp3) is 0.500. The molecule has 2 saturated heterocycles. The Kier molecular flexibility index (Phi) is 5.66. The average Bonchev–Trinajstić information content (AvgIpc) is 3.33. The fourth-order valence-corrected chi connectivity index (χ4v) is 5.43. The van der Waals surface area contributed by atoms with Crippen LogP contribution in [0.25, 0.3) is 0 Å². The monoisotopic (exact) mass is 408 g/mol. The highest BCUT2D eigenvalue weighted by atomic mass is 35.5. The number of thioether (sulfide) groups is 1. The third-order valence-electron chi connectivity index (χ3n) is 4.83. The lowest BCUT2D eigenvalue weighted by atomic mass is 10.2. The zero-order valence-electron chi connectivity index (χ0n) is 14.4. The molecule has 1 unspecified atom stereocenters. The molecule has 0 spiro atoms. The Morgan fingerprint density at radius 1 is 1.15 bits per heavy atom. The van der Waals surface area contributed by atoms with Crippen molar-refractivity contribution in [3.05, 3.63) is 39.9 Å². The predicted octanol–water partition coefficient (Wildman–Crippen LogP) is 3.33. The van der Waals surface area contributed by atoms with Crippen LogP contribution in [-0.4, -0.2) is 58.2 Å². The standard InChI is InChI=1S/C18H21ClN4OS2/c19-14-5-3-13(4-6-14)12-16-20-21-18(26-16)23-7-1-2-15(23)17(24)22-8-10-25-11-9-22/h3-6,15H,1-2,7-12H2. The van der Waals surface area contributed by atoms with Crippen LogP contribution in [0.3, 0.4) is 0 Å². The molecule has 3 heterocycles. The minimum absolute atomic E-state index is 0.0746. The van der Waals surface area contributed by atoms with E-state index in [0.29, 0.717) is 0 Å². The molecule has 4 rings (SSSR count). The van der Waals surface area contributed by atoms with Crippen molar-refractivity contribution in [3.63, 3.8) is 0 Å². The molecule has 0 N–H and O–H groups in total. The van der Waals surface area contributed by atoms with Gasteiger partial charge in [-0.15, -0.1) is 10.2 Å². The lowest BCUT2D eigenvalue weighted by Crippen LogP contribution is -2.48. The van der Waals surface area contributed by atoms with Crippen LogP contribution in [0.15, 0.2) is 24.3 Å². The smallest absolute Gasteiger partial charge is 0.245 e. The third kappa shape index (κ3) is 4.00. The quantitative estimate of drug-likeness (QED) is 0.776. The van der Waals surface area contributed by atoms with Crippen LogP contribution in [0, 0.1) is 0 Å². The van der Waals surface area contributed by atoms with Gasteiger partial charge in [-0.05, 0) is 30.5 Å². The summed E-state index contributed by atoms with van der Waals surface area (Å²) in [5.74, 6) is 2.35. The molecule has 8 heteroatoms. The number of rotatable bonds is 4. The maximum atomic E-state index is 12.9. The summed E-state index contributed by atoms with van der Waals surface area (Å²) < 4.78 is 0. The lowest BCUT2D eigenvalue weighted by Gasteiger charge is -2.32. The number of amides is 1. The first kappa shape index (κ1) is 18.1. The third-order valence-corrected chi connectivity index (χ3v) is 6.99. The van der Waals surface area contributed by atoms with Gasteiger partial charge in [0.15, 0.2) is 0 Å². The van der Waals surface area contributed by atoms with Gasteiger partial charge in [-0.25, -0.2) is 0 Å². The fourth-order valence-electron chi connectivity index (χ4n) is 3.46. The molecule has 2 aliphatic rings. The zero-order chi connectivity index (χ0) is 17.9. The van der Waals surface area contributed by atoms with Crippen molar-refractivity contribution in [2.24, 2.45) is 0 Å². The number of carbonyl (C=O) groups is 1. The SMILES string of the molecule is O=C(C1CCCN1c1nnc(Cc2ccc(Cl)cc2)s1)N1CCSCC1. The molecule has 138 valence electrons. The van der Waals surface area contributed by atoms with Crippen LogP contribution in [0.5, 0.6) is 0 Å². The summed E-state index contributed by atoms with van der Waals surface area (Å²) >= 11 is 9.46. The maximum absolute atomic E-state index is 12.9. The Labute approximate surface area is 166 Å². The van der Waals surface area contributed by atoms with E-state index in [9.17, 15) is 4.79 Å². The van der Waals surface area contributed by atoms with Gasteiger partial charge in [0.2, 0.25) is 11.0 Å². The van der Waals surface area contributed by atoms with Crippen LogP contribution >= 0.6 is 34.7 Å². The van der Waals surface area contributed by atoms with Crippen molar-refractivity contribution >= 4 is 45.7 Å². The molecule has 1 aromatic carbocycles. The van der Waals surface area contributed by atoms with E-state index in [4.69, 9.17) is 11.6 Å². The molecule has 1 atom stereocenters. The normalized spacial score (nSPS) is 20.6. The van der Waals surface area contributed by atoms with Crippen LogP contribution in [-0.2, 0) is 11.2 Å². The van der Waals surface area contributed by atoms with E-state index in [0.717, 1.165) is 71.1 Å². The second-order valence-corrected chi connectivity index (χ2v) is 9.27. The number of benzene rings is 1. The van der Waals surface area contributed by atoms with Gasteiger partial charge in [0, 0.05) is 42.6 Å². The van der Waals surface area contributed by atoms with E-state index < -0.39 is 0 Å². The highest BCUT2D eigenvalue weighted by Gasteiger charge is 2.35. The molecular formula is C18H21ClN4OS2. The maximum Gasteiger partial charge on any atom is 0.245 e. The molecule has 1 aromatic heterocycles. The highest BCUT2D eigenvalue weighted by molar-refractivity contribution is 7.99. The highest BCUT2D eigenvalue weighted by Crippen LogP contribution is 2.30. The predicted molar refractivity (Wildman–Crippen MR) is 108 cm³/mol. The van der Waals surface area contributed by atoms with Crippen LogP contribution in [0.2, 0.25) is 5.02 Å². The van der Waals surface area contributed by atoms with Crippen molar-refractivity contribution in [1.82, 2.24) is 15.1 Å². The number of nitrogens with zero attached hydrogens (tertiary/aromatic N) is 4. The topological polar surface area (TPSA) is 49.3 Å². The molecule has 2 aromatic rings. The Morgan fingerprint density at radius 3 is 2.69 bits per heavy atom. The first-order valence-corrected chi connectivity index (χ1v) is 11.3. The van der Waals surface area contributed by atoms with Gasteiger partial charge in [0.25, 0.3) is 0 Å². The summed E-state index contributed by atoms with van der Waals surface area (Å²) in [5.41, 5.74) is 1.16. The van der Waals surface area contributed by atoms with Gasteiger partial charge in [0.05, 0.1) is 0 Å². The number of anilines is 1. The first-order chi connectivity index (χ1) is 12.7.